The second kappa shape index (κ2) is 6.87. The first-order chi connectivity index (χ1) is 9.97. The van der Waals surface area contributed by atoms with Crippen molar-refractivity contribution < 1.29 is 9.90 Å². The number of phenolic OH excluding ortho intramolecular Hbond substituents is 1. The van der Waals surface area contributed by atoms with Gasteiger partial charge in [0.15, 0.2) is 0 Å². The Kier molecular flexibility index (Phi) is 5.14. The van der Waals surface area contributed by atoms with E-state index in [1.54, 1.807) is 36.4 Å². The summed E-state index contributed by atoms with van der Waals surface area (Å²) >= 11 is 6.68. The van der Waals surface area contributed by atoms with Gasteiger partial charge in [-0.2, -0.15) is 5.10 Å². The predicted octanol–water partition coefficient (Wildman–Crippen LogP) is 3.99. The Morgan fingerprint density at radius 2 is 1.95 bits per heavy atom. The van der Waals surface area contributed by atoms with Crippen molar-refractivity contribution in [3.05, 3.63) is 62.0 Å². The van der Waals surface area contributed by atoms with Gasteiger partial charge in [0.1, 0.15) is 5.75 Å². The maximum absolute atomic E-state index is 11.9. The number of amides is 1. The molecule has 0 spiro atoms. The molecule has 0 aliphatic heterocycles. The van der Waals surface area contributed by atoms with Crippen molar-refractivity contribution in [2.75, 3.05) is 0 Å². The van der Waals surface area contributed by atoms with Crippen LogP contribution in [0.3, 0.4) is 0 Å². The monoisotopic (exact) mass is 410 g/mol. The second-order valence-corrected chi connectivity index (χ2v) is 6.10. The van der Waals surface area contributed by atoms with Gasteiger partial charge in [0.05, 0.1) is 6.21 Å². The van der Waals surface area contributed by atoms with E-state index in [1.165, 1.54) is 6.21 Å². The molecule has 2 aromatic rings. The van der Waals surface area contributed by atoms with Crippen LogP contribution >= 0.6 is 31.9 Å². The van der Waals surface area contributed by atoms with Crippen LogP contribution in [0, 0.1) is 6.92 Å². The van der Waals surface area contributed by atoms with Crippen molar-refractivity contribution in [2.24, 2.45) is 5.10 Å². The van der Waals surface area contributed by atoms with Crippen molar-refractivity contribution in [2.45, 2.75) is 6.92 Å². The van der Waals surface area contributed by atoms with Gasteiger partial charge in [-0.15, -0.1) is 0 Å². The lowest BCUT2D eigenvalue weighted by molar-refractivity contribution is 0.0955. The fourth-order valence-electron chi connectivity index (χ4n) is 1.64. The molecule has 0 atom stereocenters. The number of rotatable bonds is 3. The average molecular weight is 412 g/mol. The lowest BCUT2D eigenvalue weighted by Crippen LogP contribution is -2.17. The minimum absolute atomic E-state index is 0.116. The Labute approximate surface area is 139 Å². The van der Waals surface area contributed by atoms with Crippen molar-refractivity contribution in [1.82, 2.24) is 5.43 Å². The minimum atomic E-state index is -0.327. The summed E-state index contributed by atoms with van der Waals surface area (Å²) in [5.41, 5.74) is 4.45. The number of hydrazone groups is 1. The molecule has 0 aromatic heterocycles. The molecule has 2 aromatic carbocycles. The molecule has 2 N–H and O–H groups in total. The zero-order valence-corrected chi connectivity index (χ0v) is 14.3. The van der Waals surface area contributed by atoms with E-state index >= 15 is 0 Å². The summed E-state index contributed by atoms with van der Waals surface area (Å²) in [6.45, 7) is 1.91. The summed E-state index contributed by atoms with van der Waals surface area (Å²) in [7, 11) is 0. The van der Waals surface area contributed by atoms with Crippen LogP contribution in [0.5, 0.6) is 5.75 Å². The lowest BCUT2D eigenvalue weighted by Gasteiger charge is -2.03. The molecule has 0 saturated carbocycles. The van der Waals surface area contributed by atoms with Crippen LogP contribution < -0.4 is 5.43 Å². The predicted molar refractivity (Wildman–Crippen MR) is 89.7 cm³/mol. The molecule has 108 valence electrons. The van der Waals surface area contributed by atoms with Crippen LogP contribution in [0.15, 0.2) is 50.4 Å². The molecule has 1 amide bonds. The smallest absolute Gasteiger partial charge is 0.271 e. The molecular formula is C15H12Br2N2O2. The molecule has 0 heterocycles. The maximum atomic E-state index is 11.9. The van der Waals surface area contributed by atoms with E-state index in [4.69, 9.17) is 0 Å². The van der Waals surface area contributed by atoms with E-state index in [-0.39, 0.29) is 11.7 Å². The van der Waals surface area contributed by atoms with Crippen molar-refractivity contribution in [3.63, 3.8) is 0 Å². The number of phenols is 1. The van der Waals surface area contributed by atoms with Crippen LogP contribution in [0.1, 0.15) is 21.5 Å². The highest BCUT2D eigenvalue weighted by atomic mass is 79.9. The topological polar surface area (TPSA) is 61.7 Å². The van der Waals surface area contributed by atoms with Gasteiger partial charge in [-0.1, -0.05) is 11.6 Å². The highest BCUT2D eigenvalue weighted by Crippen LogP contribution is 2.23. The number of aromatic hydroxyl groups is 1. The number of benzene rings is 2. The average Bonchev–Trinajstić information content (AvgIpc) is 2.45. The molecule has 0 unspecified atom stereocenters. The van der Waals surface area contributed by atoms with E-state index in [0.29, 0.717) is 11.1 Å². The standard InChI is InChI=1S/C15H12Br2N2O2/c1-9-2-5-14(20)11(6-9)8-18-19-15(21)10-3-4-12(16)13(17)7-10/h2-8,20H,1H3,(H,19,21). The van der Waals surface area contributed by atoms with Gasteiger partial charge in [0, 0.05) is 20.1 Å². The zero-order valence-electron chi connectivity index (χ0n) is 11.1. The SMILES string of the molecule is Cc1ccc(O)c(C=NNC(=O)c2ccc(Br)c(Br)c2)c1. The van der Waals surface area contributed by atoms with Gasteiger partial charge in [0.2, 0.25) is 0 Å². The molecule has 0 saturated heterocycles. The normalized spacial score (nSPS) is 10.8. The van der Waals surface area contributed by atoms with E-state index in [1.807, 2.05) is 6.92 Å². The second-order valence-electron chi connectivity index (χ2n) is 4.39. The number of hydrogen-bond donors (Lipinski definition) is 2. The molecule has 6 heteroatoms. The van der Waals surface area contributed by atoms with Crippen LogP contribution in [-0.4, -0.2) is 17.2 Å². The Bertz CT molecular complexity index is 715. The highest BCUT2D eigenvalue weighted by molar-refractivity contribution is 9.13. The van der Waals surface area contributed by atoms with Gasteiger partial charge in [-0.3, -0.25) is 4.79 Å². The Balaban J connectivity index is 2.08. The summed E-state index contributed by atoms with van der Waals surface area (Å²) in [4.78, 5) is 11.9. The fraction of sp³-hybridized carbons (Fsp3) is 0.0667. The molecular weight excluding hydrogens is 400 g/mol. The molecule has 4 nitrogen and oxygen atoms in total. The first-order valence-corrected chi connectivity index (χ1v) is 7.64. The van der Waals surface area contributed by atoms with E-state index in [0.717, 1.165) is 14.5 Å². The van der Waals surface area contributed by atoms with Gasteiger partial charge < -0.3 is 5.11 Å². The van der Waals surface area contributed by atoms with Gasteiger partial charge in [0.25, 0.3) is 5.91 Å². The molecule has 0 fully saturated rings. The van der Waals surface area contributed by atoms with Crippen molar-refractivity contribution >= 4 is 44.0 Å². The Morgan fingerprint density at radius 3 is 2.67 bits per heavy atom. The molecule has 2 rings (SSSR count). The first kappa shape index (κ1) is 15.7. The van der Waals surface area contributed by atoms with Crippen LogP contribution in [0.4, 0.5) is 0 Å². The maximum Gasteiger partial charge on any atom is 0.271 e. The summed E-state index contributed by atoms with van der Waals surface area (Å²) in [6, 6.07) is 10.3. The summed E-state index contributed by atoms with van der Waals surface area (Å²) < 4.78 is 1.66. The van der Waals surface area contributed by atoms with E-state index < -0.39 is 0 Å². The summed E-state index contributed by atoms with van der Waals surface area (Å²) in [6.07, 6.45) is 1.41. The number of carbonyl (C=O) groups excluding carboxylic acids is 1. The van der Waals surface area contributed by atoms with E-state index in [9.17, 15) is 9.90 Å². The highest BCUT2D eigenvalue weighted by Gasteiger charge is 2.06. The molecule has 21 heavy (non-hydrogen) atoms. The third kappa shape index (κ3) is 4.15. The number of carbonyl (C=O) groups is 1. The Morgan fingerprint density at radius 1 is 1.19 bits per heavy atom. The quantitative estimate of drug-likeness (QED) is 0.592. The Hall–Kier alpha value is -1.66. The number of halogens is 2. The molecule has 0 aliphatic rings. The third-order valence-corrected chi connectivity index (χ3v) is 4.61. The largest absolute Gasteiger partial charge is 0.507 e. The number of hydrogen-bond acceptors (Lipinski definition) is 3. The van der Waals surface area contributed by atoms with Gasteiger partial charge >= 0.3 is 0 Å². The van der Waals surface area contributed by atoms with Crippen molar-refractivity contribution in [1.29, 1.82) is 0 Å². The minimum Gasteiger partial charge on any atom is -0.507 e. The number of nitrogens with one attached hydrogen (secondary N) is 1. The van der Waals surface area contributed by atoms with Crippen LogP contribution in [-0.2, 0) is 0 Å². The lowest BCUT2D eigenvalue weighted by atomic mass is 10.1. The zero-order chi connectivity index (χ0) is 15.4. The summed E-state index contributed by atoms with van der Waals surface area (Å²) in [5, 5.41) is 13.5. The van der Waals surface area contributed by atoms with Crippen molar-refractivity contribution in [3.8, 4) is 5.75 Å². The first-order valence-electron chi connectivity index (χ1n) is 6.05. The fourth-order valence-corrected chi connectivity index (χ4v) is 2.27. The van der Waals surface area contributed by atoms with Gasteiger partial charge in [-0.25, -0.2) is 5.43 Å². The molecule has 0 radical (unpaired) electrons. The third-order valence-electron chi connectivity index (χ3n) is 2.73. The molecule has 0 aliphatic carbocycles. The summed E-state index contributed by atoms with van der Waals surface area (Å²) in [5.74, 6) is -0.212. The van der Waals surface area contributed by atoms with Crippen LogP contribution in [0.2, 0.25) is 0 Å². The molecule has 0 bridgehead atoms. The van der Waals surface area contributed by atoms with Crippen LogP contribution in [0.25, 0.3) is 0 Å². The number of nitrogens with zero attached hydrogens (tertiary/aromatic N) is 1. The number of aryl methyl sites for hydroxylation is 1. The van der Waals surface area contributed by atoms with Gasteiger partial charge in [-0.05, 0) is 69.1 Å². The van der Waals surface area contributed by atoms with E-state index in [2.05, 4.69) is 42.4 Å².